The minimum atomic E-state index is -1.34. The fourth-order valence-corrected chi connectivity index (χ4v) is 2.85. The van der Waals surface area contributed by atoms with Crippen LogP contribution in [0, 0.1) is 12.3 Å². The molecule has 0 spiro atoms. The van der Waals surface area contributed by atoms with Gasteiger partial charge in [-0.3, -0.25) is 4.79 Å². The summed E-state index contributed by atoms with van der Waals surface area (Å²) in [5.74, 6) is -0.859. The number of furan rings is 1. The van der Waals surface area contributed by atoms with E-state index in [0.29, 0.717) is 12.4 Å². The fraction of sp³-hybridized carbons (Fsp3) is 0.600. The van der Waals surface area contributed by atoms with E-state index in [2.05, 4.69) is 5.32 Å². The highest BCUT2D eigenvalue weighted by atomic mass is 16.5. The molecule has 1 aromatic heterocycles. The van der Waals surface area contributed by atoms with Crippen LogP contribution in [0.15, 0.2) is 16.5 Å². The third-order valence-electron chi connectivity index (χ3n) is 4.42. The van der Waals surface area contributed by atoms with Gasteiger partial charge in [0.2, 0.25) is 0 Å². The van der Waals surface area contributed by atoms with Crippen molar-refractivity contribution in [2.24, 2.45) is 5.41 Å². The molecule has 21 heavy (non-hydrogen) atoms. The van der Waals surface area contributed by atoms with Gasteiger partial charge >= 0.3 is 5.97 Å². The lowest BCUT2D eigenvalue weighted by Crippen LogP contribution is -2.76. The molecule has 1 saturated carbocycles. The number of rotatable bonds is 5. The van der Waals surface area contributed by atoms with Crippen molar-refractivity contribution in [3.8, 4) is 0 Å². The zero-order valence-electron chi connectivity index (χ0n) is 12.7. The second kappa shape index (κ2) is 5.18. The number of aliphatic carboxylic acids is 1. The first kappa shape index (κ1) is 15.6. The number of aryl methyl sites for hydroxylation is 1. The highest BCUT2D eigenvalue weighted by Gasteiger charge is 2.66. The van der Waals surface area contributed by atoms with E-state index in [1.165, 1.54) is 6.07 Å². The summed E-state index contributed by atoms with van der Waals surface area (Å²) in [5, 5.41) is 12.2. The zero-order chi connectivity index (χ0) is 15.8. The summed E-state index contributed by atoms with van der Waals surface area (Å²) in [5.41, 5.74) is -2.04. The van der Waals surface area contributed by atoms with Crippen LogP contribution in [-0.4, -0.2) is 35.2 Å². The summed E-state index contributed by atoms with van der Waals surface area (Å²) >= 11 is 0. The van der Waals surface area contributed by atoms with Gasteiger partial charge < -0.3 is 19.6 Å². The molecule has 116 valence electrons. The largest absolute Gasteiger partial charge is 0.479 e. The standard InChI is InChI=1S/C15H21NO5/c1-5-20-11-8-15(13(18)19,14(11,3)4)16-12(17)10-7-6-9(2)21-10/h6-7,11H,5,8H2,1-4H3,(H,16,17)(H,18,19). The first-order chi connectivity index (χ1) is 9.74. The van der Waals surface area contributed by atoms with Crippen molar-refractivity contribution < 1.29 is 23.8 Å². The number of nitrogens with one attached hydrogen (secondary N) is 1. The van der Waals surface area contributed by atoms with Crippen LogP contribution in [0.4, 0.5) is 0 Å². The van der Waals surface area contributed by atoms with Gasteiger partial charge in [0.1, 0.15) is 11.3 Å². The van der Waals surface area contributed by atoms with Crippen LogP contribution in [0.2, 0.25) is 0 Å². The Labute approximate surface area is 123 Å². The summed E-state index contributed by atoms with van der Waals surface area (Å²) in [6.45, 7) is 7.68. The lowest BCUT2D eigenvalue weighted by atomic mass is 9.54. The lowest BCUT2D eigenvalue weighted by molar-refractivity contribution is -0.190. The number of amides is 1. The molecule has 1 heterocycles. The molecule has 1 aliphatic rings. The van der Waals surface area contributed by atoms with E-state index in [-0.39, 0.29) is 18.3 Å². The quantitative estimate of drug-likeness (QED) is 0.867. The Morgan fingerprint density at radius 3 is 2.57 bits per heavy atom. The molecule has 6 nitrogen and oxygen atoms in total. The summed E-state index contributed by atoms with van der Waals surface area (Å²) < 4.78 is 10.8. The normalized spacial score (nSPS) is 27.0. The van der Waals surface area contributed by atoms with Crippen LogP contribution in [0.3, 0.4) is 0 Å². The Bertz CT molecular complexity index is 562. The topological polar surface area (TPSA) is 88.8 Å². The molecule has 2 atom stereocenters. The number of carbonyl (C=O) groups is 2. The van der Waals surface area contributed by atoms with Gasteiger partial charge in [-0.15, -0.1) is 0 Å². The van der Waals surface area contributed by atoms with Crippen molar-refractivity contribution in [3.05, 3.63) is 23.7 Å². The van der Waals surface area contributed by atoms with Crippen LogP contribution < -0.4 is 5.32 Å². The third kappa shape index (κ3) is 2.33. The number of hydrogen-bond donors (Lipinski definition) is 2. The van der Waals surface area contributed by atoms with Gasteiger partial charge in [-0.2, -0.15) is 0 Å². The second-order valence-electron chi connectivity index (χ2n) is 5.94. The minimum absolute atomic E-state index is 0.115. The highest BCUT2D eigenvalue weighted by Crippen LogP contribution is 2.51. The molecule has 6 heteroatoms. The van der Waals surface area contributed by atoms with Crippen LogP contribution in [0.25, 0.3) is 0 Å². The van der Waals surface area contributed by atoms with Crippen molar-refractivity contribution in [3.63, 3.8) is 0 Å². The van der Waals surface area contributed by atoms with Crippen molar-refractivity contribution in [2.45, 2.75) is 45.8 Å². The van der Waals surface area contributed by atoms with Gasteiger partial charge in [0.25, 0.3) is 5.91 Å². The smallest absolute Gasteiger partial charge is 0.330 e. The molecule has 2 N–H and O–H groups in total. The van der Waals surface area contributed by atoms with Gasteiger partial charge in [-0.05, 0) is 26.0 Å². The fourth-order valence-electron chi connectivity index (χ4n) is 2.85. The van der Waals surface area contributed by atoms with Crippen LogP contribution in [0.5, 0.6) is 0 Å². The molecule has 0 radical (unpaired) electrons. The summed E-state index contributed by atoms with van der Waals surface area (Å²) in [6.07, 6.45) is 0.0476. The lowest BCUT2D eigenvalue weighted by Gasteiger charge is -2.58. The van der Waals surface area contributed by atoms with Crippen LogP contribution in [0.1, 0.15) is 43.5 Å². The number of carbonyl (C=O) groups excluding carboxylic acids is 1. The van der Waals surface area contributed by atoms with E-state index < -0.39 is 22.8 Å². The summed E-state index contributed by atoms with van der Waals surface area (Å²) in [6, 6.07) is 3.20. The predicted molar refractivity (Wildman–Crippen MR) is 75.1 cm³/mol. The number of carboxylic acids is 1. The minimum Gasteiger partial charge on any atom is -0.479 e. The SMILES string of the molecule is CCOC1CC(NC(=O)c2ccc(C)o2)(C(=O)O)C1(C)C. The third-order valence-corrected chi connectivity index (χ3v) is 4.42. The number of carboxylic acid groups (broad SMARTS) is 1. The van der Waals surface area contributed by atoms with E-state index in [1.807, 2.05) is 6.92 Å². The molecule has 0 saturated heterocycles. The molecule has 0 aromatic carbocycles. The summed E-state index contributed by atoms with van der Waals surface area (Å²) in [4.78, 5) is 24.0. The Morgan fingerprint density at radius 1 is 1.48 bits per heavy atom. The Kier molecular flexibility index (Phi) is 3.84. The molecular weight excluding hydrogens is 274 g/mol. The van der Waals surface area contributed by atoms with Gasteiger partial charge in [0, 0.05) is 18.4 Å². The molecule has 2 unspecified atom stereocenters. The Morgan fingerprint density at radius 2 is 2.14 bits per heavy atom. The van der Waals surface area contributed by atoms with Crippen molar-refractivity contribution in [1.29, 1.82) is 0 Å². The highest BCUT2D eigenvalue weighted by molar-refractivity contribution is 5.97. The average Bonchev–Trinajstić information content (AvgIpc) is 2.83. The maximum Gasteiger partial charge on any atom is 0.330 e. The van der Waals surface area contributed by atoms with Crippen LogP contribution in [-0.2, 0) is 9.53 Å². The van der Waals surface area contributed by atoms with Crippen molar-refractivity contribution in [2.75, 3.05) is 6.61 Å². The van der Waals surface area contributed by atoms with E-state index in [1.54, 1.807) is 26.8 Å². The first-order valence-electron chi connectivity index (χ1n) is 6.98. The van der Waals surface area contributed by atoms with E-state index in [4.69, 9.17) is 9.15 Å². The average molecular weight is 295 g/mol. The molecule has 1 amide bonds. The second-order valence-corrected chi connectivity index (χ2v) is 5.94. The van der Waals surface area contributed by atoms with E-state index >= 15 is 0 Å². The monoisotopic (exact) mass is 295 g/mol. The number of hydrogen-bond acceptors (Lipinski definition) is 4. The molecule has 0 bridgehead atoms. The molecule has 1 aromatic rings. The maximum absolute atomic E-state index is 12.2. The molecular formula is C15H21NO5. The van der Waals surface area contributed by atoms with Crippen molar-refractivity contribution >= 4 is 11.9 Å². The zero-order valence-corrected chi connectivity index (χ0v) is 12.7. The molecule has 0 aliphatic heterocycles. The van der Waals surface area contributed by atoms with Crippen molar-refractivity contribution in [1.82, 2.24) is 5.32 Å². The van der Waals surface area contributed by atoms with Gasteiger partial charge in [-0.25, -0.2) is 4.79 Å². The Balaban J connectivity index is 2.22. The first-order valence-corrected chi connectivity index (χ1v) is 6.98. The van der Waals surface area contributed by atoms with E-state index in [9.17, 15) is 14.7 Å². The van der Waals surface area contributed by atoms with Crippen LogP contribution >= 0.6 is 0 Å². The predicted octanol–water partition coefficient (Wildman–Crippen LogP) is 1.98. The van der Waals surface area contributed by atoms with Gasteiger partial charge in [-0.1, -0.05) is 13.8 Å². The summed E-state index contributed by atoms with van der Waals surface area (Å²) in [7, 11) is 0. The van der Waals surface area contributed by atoms with Gasteiger partial charge in [0.05, 0.1) is 6.10 Å². The van der Waals surface area contributed by atoms with Gasteiger partial charge in [0.15, 0.2) is 5.76 Å². The Hall–Kier alpha value is -1.82. The van der Waals surface area contributed by atoms with E-state index in [0.717, 1.165) is 0 Å². The molecule has 1 aliphatic carbocycles. The number of ether oxygens (including phenoxy) is 1. The molecule has 1 fully saturated rings. The maximum atomic E-state index is 12.2. The molecule has 2 rings (SSSR count).